The Kier molecular flexibility index (Phi) is 10.3. The molecule has 6 nitrogen and oxygen atoms in total. The molecule has 0 amide bonds. The van der Waals surface area contributed by atoms with Crippen molar-refractivity contribution in [2.45, 2.75) is 72.9 Å². The van der Waals surface area contributed by atoms with Crippen LogP contribution in [0.1, 0.15) is 66.0 Å². The van der Waals surface area contributed by atoms with Crippen LogP contribution in [0.15, 0.2) is 136 Å². The SMILES string of the molecule is Cc1c[c-]c(-c2nc3c4ccccc4ccc3n2-c2ccc3c(c2)oc2cc(C(C)C)ccc23)c2oc3nc(C(C)C)ccc3c12.[2H]C([2H])([2H])c1c[c-]c(-c2ccc([Si](C)(C)C)cn2)cc1.[Ir]. The molecule has 6 aromatic carbocycles. The van der Waals surface area contributed by atoms with Crippen LogP contribution in [0.5, 0.6) is 0 Å². The molecule has 0 N–H and O–H groups in total. The second-order valence-electron chi connectivity index (χ2n) is 18.2. The van der Waals surface area contributed by atoms with Crippen LogP contribution in [0.25, 0.3) is 94.1 Å². The average Bonchev–Trinajstić information content (AvgIpc) is 4.00. The summed E-state index contributed by atoms with van der Waals surface area (Å²) < 4.78 is 37.4. The second kappa shape index (κ2) is 16.7. The van der Waals surface area contributed by atoms with Crippen molar-refractivity contribution in [2.24, 2.45) is 0 Å². The topological polar surface area (TPSA) is 69.9 Å². The third-order valence-electron chi connectivity index (χ3n) is 12.1. The molecule has 0 saturated carbocycles. The van der Waals surface area contributed by atoms with Crippen LogP contribution in [0.3, 0.4) is 0 Å². The molecule has 0 aliphatic carbocycles. The molecule has 8 heteroatoms. The molecule has 0 aliphatic heterocycles. The summed E-state index contributed by atoms with van der Waals surface area (Å²) in [7, 11) is -1.34. The number of furan rings is 2. The molecule has 0 saturated heterocycles. The van der Waals surface area contributed by atoms with Gasteiger partial charge in [0.25, 0.3) is 0 Å². The molecule has 11 rings (SSSR count). The molecular formula is C56H50IrN4O2Si-2. The van der Waals surface area contributed by atoms with Gasteiger partial charge in [0.1, 0.15) is 11.2 Å². The fraction of sp³-hybridized carbons (Fsp3) is 0.196. The van der Waals surface area contributed by atoms with Crippen molar-refractivity contribution in [3.63, 3.8) is 0 Å². The molecule has 11 aromatic rings. The molecule has 1 radical (unpaired) electrons. The summed E-state index contributed by atoms with van der Waals surface area (Å²) in [5.41, 5.74) is 12.1. The maximum atomic E-state index is 7.35. The van der Waals surface area contributed by atoms with Gasteiger partial charge in [-0.3, -0.25) is 4.98 Å². The van der Waals surface area contributed by atoms with E-state index < -0.39 is 14.9 Å². The van der Waals surface area contributed by atoms with E-state index in [0.717, 1.165) is 99.7 Å². The number of benzene rings is 6. The van der Waals surface area contributed by atoms with E-state index in [4.69, 9.17) is 22.9 Å². The number of hydrogen-bond acceptors (Lipinski definition) is 5. The predicted octanol–water partition coefficient (Wildman–Crippen LogP) is 14.8. The number of aryl methyl sites for hydroxylation is 2. The number of imidazole rings is 1. The van der Waals surface area contributed by atoms with Crippen LogP contribution in [0.2, 0.25) is 19.6 Å². The first-order valence-electron chi connectivity index (χ1n) is 23.1. The largest absolute Gasteiger partial charge is 0.486 e. The Morgan fingerprint density at radius 1 is 0.719 bits per heavy atom. The smallest absolute Gasteiger partial charge is 0.216 e. The van der Waals surface area contributed by atoms with Crippen molar-refractivity contribution < 1.29 is 33.1 Å². The number of hydrogen-bond donors (Lipinski definition) is 0. The van der Waals surface area contributed by atoms with Crippen LogP contribution >= 0.6 is 0 Å². The van der Waals surface area contributed by atoms with Gasteiger partial charge < -0.3 is 18.4 Å². The van der Waals surface area contributed by atoms with Crippen molar-refractivity contribution in [2.75, 3.05) is 0 Å². The van der Waals surface area contributed by atoms with E-state index >= 15 is 0 Å². The molecule has 321 valence electrons. The molecular weight excluding hydrogens is 981 g/mol. The first kappa shape index (κ1) is 39.4. The molecule has 0 aliphatic rings. The average molecular weight is 1030 g/mol. The van der Waals surface area contributed by atoms with Gasteiger partial charge in [0, 0.05) is 69.4 Å². The van der Waals surface area contributed by atoms with Gasteiger partial charge in [-0.1, -0.05) is 127 Å². The van der Waals surface area contributed by atoms with Gasteiger partial charge >= 0.3 is 0 Å². The molecule has 0 atom stereocenters. The minimum atomic E-state index is -2.08. The van der Waals surface area contributed by atoms with Gasteiger partial charge in [-0.2, -0.15) is 0 Å². The minimum Gasteiger partial charge on any atom is -0.486 e. The molecule has 64 heavy (non-hydrogen) atoms. The van der Waals surface area contributed by atoms with Gasteiger partial charge in [-0.25, -0.2) is 4.98 Å². The van der Waals surface area contributed by atoms with E-state index in [2.05, 4.69) is 167 Å². The quantitative estimate of drug-likeness (QED) is 0.123. The zero-order valence-corrected chi connectivity index (χ0v) is 40.6. The Morgan fingerprint density at radius 3 is 2.22 bits per heavy atom. The van der Waals surface area contributed by atoms with Gasteiger partial charge in [-0.15, -0.1) is 53.1 Å². The number of rotatable bonds is 6. The number of fused-ring (bicyclic) bond motifs is 9. The maximum Gasteiger partial charge on any atom is 0.216 e. The maximum absolute atomic E-state index is 7.35. The normalized spacial score (nSPS) is 12.9. The number of nitrogens with zero attached hydrogens (tertiary/aromatic N) is 4. The number of pyridine rings is 2. The summed E-state index contributed by atoms with van der Waals surface area (Å²) in [6.07, 6.45) is 1.92. The van der Waals surface area contributed by atoms with E-state index in [1.54, 1.807) is 12.1 Å². The van der Waals surface area contributed by atoms with Crippen LogP contribution in [0, 0.1) is 25.9 Å². The van der Waals surface area contributed by atoms with Gasteiger partial charge in [0.2, 0.25) is 5.71 Å². The van der Waals surface area contributed by atoms with Gasteiger partial charge in [-0.05, 0) is 70.1 Å². The fourth-order valence-electron chi connectivity index (χ4n) is 8.47. The molecule has 0 unspecified atom stereocenters. The fourth-order valence-corrected chi connectivity index (χ4v) is 9.50. The zero-order valence-electron chi connectivity index (χ0n) is 40.2. The Bertz CT molecular complexity index is 3580. The van der Waals surface area contributed by atoms with Gasteiger partial charge in [0.05, 0.1) is 30.5 Å². The molecule has 5 aromatic heterocycles. The van der Waals surface area contributed by atoms with Crippen LogP contribution in [-0.2, 0) is 20.1 Å². The van der Waals surface area contributed by atoms with Crippen molar-refractivity contribution >= 4 is 79.1 Å². The Hall–Kier alpha value is -6.18. The van der Waals surface area contributed by atoms with E-state index in [9.17, 15) is 0 Å². The first-order chi connectivity index (χ1) is 31.5. The van der Waals surface area contributed by atoms with Crippen molar-refractivity contribution in [3.8, 4) is 28.3 Å². The second-order valence-corrected chi connectivity index (χ2v) is 23.3. The standard InChI is InChI=1S/C41H32N3O2.C15H18NSi.Ir/c1-22(2)26-11-15-29-30-16-13-27(21-36(30)45-35(29)20-26)44-34-19-12-25-8-6-7-9-28(25)38(34)43-40(44)32-14-10-24(5)37-31-17-18-33(23(3)4)42-41(31)46-39(32)37;1-12-5-7-13(8-6-12)15-10-9-14(11-16-15)17(2,3)4;/h6-13,15-23H,1-5H3;5-7,9-11H,1-4H3;/q2*-1;/i;1D3;. The summed E-state index contributed by atoms with van der Waals surface area (Å²) in [5.74, 6) is 1.49. The van der Waals surface area contributed by atoms with Crippen LogP contribution in [0.4, 0.5) is 0 Å². The van der Waals surface area contributed by atoms with Crippen molar-refractivity contribution in [3.05, 3.63) is 162 Å². The molecule has 5 heterocycles. The van der Waals surface area contributed by atoms with Crippen molar-refractivity contribution in [1.29, 1.82) is 0 Å². The molecule has 0 bridgehead atoms. The Balaban J connectivity index is 0.000000226. The summed E-state index contributed by atoms with van der Waals surface area (Å²) in [5, 5.41) is 7.82. The molecule has 0 spiro atoms. The predicted molar refractivity (Wildman–Crippen MR) is 264 cm³/mol. The van der Waals surface area contributed by atoms with E-state index in [0.29, 0.717) is 23.1 Å². The van der Waals surface area contributed by atoms with Crippen LogP contribution in [-0.4, -0.2) is 27.6 Å². The Morgan fingerprint density at radius 2 is 1.50 bits per heavy atom. The monoisotopic (exact) mass is 1030 g/mol. The summed E-state index contributed by atoms with van der Waals surface area (Å²) in [4.78, 5) is 14.7. The number of aromatic nitrogens is 4. The van der Waals surface area contributed by atoms with Crippen LogP contribution < -0.4 is 5.19 Å². The van der Waals surface area contributed by atoms with E-state index in [-0.39, 0.29) is 20.1 Å². The summed E-state index contributed by atoms with van der Waals surface area (Å²) >= 11 is 0. The van der Waals surface area contributed by atoms with E-state index in [1.165, 1.54) is 16.8 Å². The Labute approximate surface area is 393 Å². The third-order valence-corrected chi connectivity index (χ3v) is 14.1. The van der Waals surface area contributed by atoms with Crippen molar-refractivity contribution in [1.82, 2.24) is 19.5 Å². The first-order valence-corrected chi connectivity index (χ1v) is 25.1. The third kappa shape index (κ3) is 7.68. The van der Waals surface area contributed by atoms with E-state index in [1.807, 2.05) is 18.3 Å². The molecule has 0 fully saturated rings. The summed E-state index contributed by atoms with van der Waals surface area (Å²) in [6.45, 7) is 15.6. The summed E-state index contributed by atoms with van der Waals surface area (Å²) in [6, 6.07) is 47.6. The van der Waals surface area contributed by atoms with Gasteiger partial charge in [0.15, 0.2) is 0 Å². The zero-order chi connectivity index (χ0) is 46.2. The minimum absolute atomic E-state index is 0.